The lowest BCUT2D eigenvalue weighted by Crippen LogP contribution is -2.38. The maximum atomic E-state index is 13.5. The molecule has 3 aromatic carbocycles. The van der Waals surface area contributed by atoms with E-state index < -0.39 is 5.97 Å². The van der Waals surface area contributed by atoms with Crippen molar-refractivity contribution in [2.45, 2.75) is 36.5 Å². The van der Waals surface area contributed by atoms with Crippen LogP contribution in [0, 0.1) is 0 Å². The van der Waals surface area contributed by atoms with Crippen LogP contribution >= 0.6 is 11.8 Å². The highest BCUT2D eigenvalue weighted by Gasteiger charge is 2.29. The first-order chi connectivity index (χ1) is 16.4. The van der Waals surface area contributed by atoms with Gasteiger partial charge in [0.1, 0.15) is 6.54 Å². The van der Waals surface area contributed by atoms with E-state index in [0.717, 1.165) is 9.79 Å². The molecule has 2 amide bonds. The molecule has 0 radical (unpaired) electrons. The number of hydrogen-bond acceptors (Lipinski definition) is 5. The van der Waals surface area contributed by atoms with E-state index in [4.69, 9.17) is 4.74 Å². The Bertz CT molecular complexity index is 1240. The summed E-state index contributed by atoms with van der Waals surface area (Å²) >= 11 is 1.43. The SMILES string of the molecule is CCOC(=O)c1ccc2c(c1)N(CC(=O)Nc1ccc(C(C)C)cc1)C(=O)c1ccccc1S2. The van der Waals surface area contributed by atoms with Crippen molar-refractivity contribution >= 4 is 40.9 Å². The molecular formula is C27H26N2O4S. The quantitative estimate of drug-likeness (QED) is 0.461. The number of amides is 2. The van der Waals surface area contributed by atoms with Gasteiger partial charge in [-0.25, -0.2) is 4.79 Å². The topological polar surface area (TPSA) is 75.7 Å². The van der Waals surface area contributed by atoms with Crippen LogP contribution in [0.25, 0.3) is 0 Å². The number of nitrogens with one attached hydrogen (secondary N) is 1. The molecule has 1 heterocycles. The maximum Gasteiger partial charge on any atom is 0.338 e. The van der Waals surface area contributed by atoms with Crippen molar-refractivity contribution in [1.82, 2.24) is 0 Å². The van der Waals surface area contributed by atoms with Gasteiger partial charge in [0, 0.05) is 15.5 Å². The van der Waals surface area contributed by atoms with Gasteiger partial charge in [-0.3, -0.25) is 14.5 Å². The first-order valence-corrected chi connectivity index (χ1v) is 12.0. The van der Waals surface area contributed by atoms with Crippen molar-refractivity contribution < 1.29 is 19.1 Å². The zero-order chi connectivity index (χ0) is 24.2. The molecule has 1 aliphatic heterocycles. The number of rotatable bonds is 6. The minimum atomic E-state index is -0.473. The lowest BCUT2D eigenvalue weighted by molar-refractivity contribution is -0.114. The molecule has 0 atom stereocenters. The number of ether oxygens (including phenoxy) is 1. The lowest BCUT2D eigenvalue weighted by Gasteiger charge is -2.23. The van der Waals surface area contributed by atoms with Crippen LogP contribution in [0.2, 0.25) is 0 Å². The monoisotopic (exact) mass is 474 g/mol. The molecule has 0 aromatic heterocycles. The van der Waals surface area contributed by atoms with E-state index in [1.54, 1.807) is 37.3 Å². The van der Waals surface area contributed by atoms with Gasteiger partial charge < -0.3 is 10.1 Å². The number of anilines is 2. The third-order valence-electron chi connectivity index (χ3n) is 5.51. The molecule has 0 unspecified atom stereocenters. The second-order valence-corrected chi connectivity index (χ2v) is 9.30. The molecular weight excluding hydrogens is 448 g/mol. The Labute approximate surface area is 203 Å². The molecule has 7 heteroatoms. The Morgan fingerprint density at radius 3 is 2.44 bits per heavy atom. The first kappa shape index (κ1) is 23.6. The van der Waals surface area contributed by atoms with E-state index in [1.165, 1.54) is 22.2 Å². The summed E-state index contributed by atoms with van der Waals surface area (Å²) in [5, 5.41) is 2.88. The summed E-state index contributed by atoms with van der Waals surface area (Å²) < 4.78 is 5.13. The molecule has 0 saturated heterocycles. The second-order valence-electron chi connectivity index (χ2n) is 8.22. The summed E-state index contributed by atoms with van der Waals surface area (Å²) in [5.74, 6) is -0.711. The average molecular weight is 475 g/mol. The van der Waals surface area contributed by atoms with Gasteiger partial charge in [-0.05, 0) is 60.9 Å². The van der Waals surface area contributed by atoms with Gasteiger partial charge in [0.25, 0.3) is 5.91 Å². The van der Waals surface area contributed by atoms with Gasteiger partial charge in [0.15, 0.2) is 0 Å². The third kappa shape index (κ3) is 4.99. The fraction of sp³-hybridized carbons (Fsp3) is 0.222. The van der Waals surface area contributed by atoms with E-state index in [9.17, 15) is 14.4 Å². The van der Waals surface area contributed by atoms with Crippen molar-refractivity contribution in [2.24, 2.45) is 0 Å². The average Bonchev–Trinajstić information content (AvgIpc) is 2.94. The number of benzene rings is 3. The van der Waals surface area contributed by atoms with Crippen molar-refractivity contribution in [3.63, 3.8) is 0 Å². The fourth-order valence-corrected chi connectivity index (χ4v) is 4.77. The van der Waals surface area contributed by atoms with E-state index in [-0.39, 0.29) is 25.0 Å². The Morgan fingerprint density at radius 2 is 1.74 bits per heavy atom. The van der Waals surface area contributed by atoms with E-state index in [0.29, 0.717) is 28.4 Å². The second kappa shape index (κ2) is 10.1. The van der Waals surface area contributed by atoms with Crippen LogP contribution in [0.15, 0.2) is 76.5 Å². The van der Waals surface area contributed by atoms with Gasteiger partial charge in [-0.1, -0.05) is 49.9 Å². The molecule has 4 rings (SSSR count). The number of nitrogens with zero attached hydrogens (tertiary/aromatic N) is 1. The summed E-state index contributed by atoms with van der Waals surface area (Å²) in [4.78, 5) is 41.9. The molecule has 0 aliphatic carbocycles. The molecule has 6 nitrogen and oxygen atoms in total. The number of hydrogen-bond donors (Lipinski definition) is 1. The molecule has 0 bridgehead atoms. The van der Waals surface area contributed by atoms with Gasteiger partial charge >= 0.3 is 5.97 Å². The molecule has 1 aliphatic rings. The summed E-state index contributed by atoms with van der Waals surface area (Å²) in [6.45, 7) is 6.00. The van der Waals surface area contributed by atoms with Crippen LogP contribution in [-0.2, 0) is 9.53 Å². The number of esters is 1. The van der Waals surface area contributed by atoms with E-state index >= 15 is 0 Å². The fourth-order valence-electron chi connectivity index (χ4n) is 3.71. The van der Waals surface area contributed by atoms with Crippen LogP contribution in [0.5, 0.6) is 0 Å². The highest BCUT2D eigenvalue weighted by molar-refractivity contribution is 7.99. The van der Waals surface area contributed by atoms with Gasteiger partial charge in [-0.15, -0.1) is 0 Å². The summed E-state index contributed by atoms with van der Waals surface area (Å²) in [7, 11) is 0. The predicted octanol–water partition coefficient (Wildman–Crippen LogP) is 5.74. The summed E-state index contributed by atoms with van der Waals surface area (Å²) in [5.41, 5.74) is 3.17. The normalized spacial score (nSPS) is 12.6. The highest BCUT2D eigenvalue weighted by atomic mass is 32.2. The Morgan fingerprint density at radius 1 is 1.00 bits per heavy atom. The van der Waals surface area contributed by atoms with Crippen molar-refractivity contribution in [3.05, 3.63) is 83.4 Å². The van der Waals surface area contributed by atoms with Crippen LogP contribution in [0.4, 0.5) is 11.4 Å². The lowest BCUT2D eigenvalue weighted by atomic mass is 10.0. The molecule has 174 valence electrons. The smallest absolute Gasteiger partial charge is 0.338 e. The first-order valence-electron chi connectivity index (χ1n) is 11.2. The zero-order valence-corrected chi connectivity index (χ0v) is 20.1. The largest absolute Gasteiger partial charge is 0.462 e. The number of fused-ring (bicyclic) bond motifs is 2. The van der Waals surface area contributed by atoms with Crippen molar-refractivity contribution in [3.8, 4) is 0 Å². The molecule has 1 N–H and O–H groups in total. The Balaban J connectivity index is 1.66. The number of carbonyl (C=O) groups excluding carboxylic acids is 3. The standard InChI is InChI=1S/C27H26N2O4S/c1-4-33-27(32)19-11-14-24-22(15-19)29(26(31)21-7-5-6-8-23(21)34-24)16-25(30)28-20-12-9-18(10-13-20)17(2)3/h5-15,17H,4,16H2,1-3H3,(H,28,30). The molecule has 3 aromatic rings. The van der Waals surface area contributed by atoms with Crippen molar-refractivity contribution in [2.75, 3.05) is 23.4 Å². The Kier molecular flexibility index (Phi) is 7.03. The van der Waals surface area contributed by atoms with E-state index in [1.807, 2.05) is 36.4 Å². The number of carbonyl (C=O) groups is 3. The van der Waals surface area contributed by atoms with Crippen LogP contribution < -0.4 is 10.2 Å². The summed E-state index contributed by atoms with van der Waals surface area (Å²) in [6.07, 6.45) is 0. The molecule has 0 spiro atoms. The molecule has 0 fully saturated rings. The van der Waals surface area contributed by atoms with E-state index in [2.05, 4.69) is 19.2 Å². The van der Waals surface area contributed by atoms with Crippen molar-refractivity contribution in [1.29, 1.82) is 0 Å². The minimum Gasteiger partial charge on any atom is -0.462 e. The summed E-state index contributed by atoms with van der Waals surface area (Å²) in [6, 6.07) is 20.0. The van der Waals surface area contributed by atoms with Gasteiger partial charge in [0.05, 0.1) is 23.4 Å². The van der Waals surface area contributed by atoms with Gasteiger partial charge in [-0.2, -0.15) is 0 Å². The van der Waals surface area contributed by atoms with Crippen LogP contribution in [-0.4, -0.2) is 30.9 Å². The molecule has 34 heavy (non-hydrogen) atoms. The van der Waals surface area contributed by atoms with Gasteiger partial charge in [0.2, 0.25) is 5.91 Å². The Hall–Kier alpha value is -3.58. The van der Waals surface area contributed by atoms with Crippen LogP contribution in [0.3, 0.4) is 0 Å². The van der Waals surface area contributed by atoms with Crippen LogP contribution in [0.1, 0.15) is 53.0 Å². The minimum absolute atomic E-state index is 0.195. The predicted molar refractivity (Wildman–Crippen MR) is 134 cm³/mol. The molecule has 0 saturated carbocycles. The zero-order valence-electron chi connectivity index (χ0n) is 19.3. The third-order valence-corrected chi connectivity index (χ3v) is 6.65. The maximum absolute atomic E-state index is 13.5. The highest BCUT2D eigenvalue weighted by Crippen LogP contribution is 2.41.